The van der Waals surface area contributed by atoms with Crippen LogP contribution in [-0.2, 0) is 31.0 Å². The van der Waals surface area contributed by atoms with Gasteiger partial charge in [0.05, 0.1) is 25.5 Å². The molecule has 0 saturated heterocycles. The first-order valence-corrected chi connectivity index (χ1v) is 10.5. The molecular formula is C23H29IN4OS. The molecule has 0 bridgehead atoms. The van der Waals surface area contributed by atoms with Crippen LogP contribution >= 0.6 is 35.3 Å². The second kappa shape index (κ2) is 12.7. The Balaban J connectivity index is 0.00000320. The molecule has 3 rings (SSSR count). The maximum Gasteiger partial charge on any atom is 0.191 e. The molecular weight excluding hydrogens is 507 g/mol. The van der Waals surface area contributed by atoms with Crippen molar-refractivity contribution in [2.75, 3.05) is 7.05 Å². The largest absolute Gasteiger partial charge is 0.372 e. The summed E-state index contributed by atoms with van der Waals surface area (Å²) in [5, 5.41) is 7.79. The molecule has 0 aliphatic carbocycles. The number of rotatable bonds is 8. The van der Waals surface area contributed by atoms with Gasteiger partial charge in [0.1, 0.15) is 5.01 Å². The molecule has 0 unspecified atom stereocenters. The van der Waals surface area contributed by atoms with Gasteiger partial charge in [0.15, 0.2) is 5.96 Å². The van der Waals surface area contributed by atoms with Gasteiger partial charge in [0.25, 0.3) is 0 Å². The zero-order valence-electron chi connectivity index (χ0n) is 17.6. The molecule has 1 heterocycles. The number of nitrogens with zero attached hydrogens (tertiary/aromatic N) is 2. The van der Waals surface area contributed by atoms with Gasteiger partial charge in [-0.15, -0.1) is 35.3 Å². The van der Waals surface area contributed by atoms with Crippen LogP contribution in [0.5, 0.6) is 0 Å². The molecule has 3 aromatic rings. The summed E-state index contributed by atoms with van der Waals surface area (Å²) < 4.78 is 5.92. The third kappa shape index (κ3) is 7.37. The Morgan fingerprint density at radius 2 is 1.60 bits per heavy atom. The Morgan fingerprint density at radius 1 is 0.933 bits per heavy atom. The summed E-state index contributed by atoms with van der Waals surface area (Å²) in [5.74, 6) is 0.760. The van der Waals surface area contributed by atoms with Crippen LogP contribution < -0.4 is 10.6 Å². The number of halogens is 1. The van der Waals surface area contributed by atoms with Crippen LogP contribution in [0.15, 0.2) is 59.6 Å². The number of guanidine groups is 1. The Morgan fingerprint density at radius 3 is 2.27 bits per heavy atom. The minimum Gasteiger partial charge on any atom is -0.372 e. The molecule has 0 radical (unpaired) electrons. The fourth-order valence-electron chi connectivity index (χ4n) is 2.90. The molecule has 7 heteroatoms. The highest BCUT2D eigenvalue weighted by Crippen LogP contribution is 2.16. The molecule has 2 aromatic carbocycles. The van der Waals surface area contributed by atoms with Crippen molar-refractivity contribution < 1.29 is 4.74 Å². The summed E-state index contributed by atoms with van der Waals surface area (Å²) in [6, 6.07) is 18.6. The van der Waals surface area contributed by atoms with E-state index in [1.165, 1.54) is 21.6 Å². The highest BCUT2D eigenvalue weighted by molar-refractivity contribution is 14.0. The third-order valence-corrected chi connectivity index (χ3v) is 5.71. The number of thiazole rings is 1. The van der Waals surface area contributed by atoms with Crippen LogP contribution in [0.3, 0.4) is 0 Å². The number of ether oxygens (including phenoxy) is 1. The quantitative estimate of drug-likeness (QED) is 0.243. The van der Waals surface area contributed by atoms with E-state index in [9.17, 15) is 0 Å². The lowest BCUT2D eigenvalue weighted by Crippen LogP contribution is -2.36. The van der Waals surface area contributed by atoms with Crippen LogP contribution in [0.1, 0.15) is 32.3 Å². The van der Waals surface area contributed by atoms with Crippen molar-refractivity contribution in [1.82, 2.24) is 15.6 Å². The number of aliphatic imine (C=N–C) groups is 1. The van der Waals surface area contributed by atoms with E-state index in [0.29, 0.717) is 26.3 Å². The summed E-state index contributed by atoms with van der Waals surface area (Å²) >= 11 is 1.72. The second-order valence-electron chi connectivity index (χ2n) is 6.78. The van der Waals surface area contributed by atoms with Gasteiger partial charge in [-0.2, -0.15) is 0 Å². The minimum atomic E-state index is 0. The van der Waals surface area contributed by atoms with E-state index in [-0.39, 0.29) is 24.0 Å². The summed E-state index contributed by atoms with van der Waals surface area (Å²) in [6.45, 7) is 6.68. The number of benzene rings is 2. The van der Waals surface area contributed by atoms with Crippen LogP contribution in [0.25, 0.3) is 0 Å². The van der Waals surface area contributed by atoms with Gasteiger partial charge in [0.2, 0.25) is 0 Å². The van der Waals surface area contributed by atoms with Gasteiger partial charge < -0.3 is 15.4 Å². The van der Waals surface area contributed by atoms with E-state index in [1.54, 1.807) is 18.4 Å². The van der Waals surface area contributed by atoms with E-state index in [2.05, 4.69) is 57.9 Å². The third-order valence-electron chi connectivity index (χ3n) is 4.64. The lowest BCUT2D eigenvalue weighted by Gasteiger charge is -2.14. The van der Waals surface area contributed by atoms with Gasteiger partial charge in [0, 0.05) is 18.5 Å². The zero-order chi connectivity index (χ0) is 20.5. The fourth-order valence-corrected chi connectivity index (χ4v) is 3.77. The first-order chi connectivity index (χ1) is 14.2. The molecule has 1 aromatic heterocycles. The van der Waals surface area contributed by atoms with E-state index < -0.39 is 0 Å². The number of hydrogen-bond acceptors (Lipinski definition) is 4. The summed E-state index contributed by atoms with van der Waals surface area (Å²) in [4.78, 5) is 10.1. The molecule has 0 atom stereocenters. The number of aryl methyl sites for hydroxylation is 2. The highest BCUT2D eigenvalue weighted by Gasteiger charge is 2.07. The van der Waals surface area contributed by atoms with Crippen molar-refractivity contribution in [2.24, 2.45) is 4.99 Å². The standard InChI is InChI=1S/C23H28N4OS.HI/c1-17-18(2)29-22(27-17)14-26-23(24-3)25-13-20-11-7-8-12-21(20)16-28-15-19-9-5-4-6-10-19;/h4-12H,13-16H2,1-3H3,(H2,24,25,26);1H. The van der Waals surface area contributed by atoms with E-state index in [1.807, 2.05) is 31.2 Å². The Labute approximate surface area is 200 Å². The van der Waals surface area contributed by atoms with Crippen LogP contribution in [0.2, 0.25) is 0 Å². The average molecular weight is 536 g/mol. The van der Waals surface area contributed by atoms with Crippen molar-refractivity contribution in [3.05, 3.63) is 86.9 Å². The smallest absolute Gasteiger partial charge is 0.191 e. The minimum absolute atomic E-state index is 0. The maximum absolute atomic E-state index is 5.92. The number of aromatic nitrogens is 1. The lowest BCUT2D eigenvalue weighted by atomic mass is 10.1. The number of nitrogens with one attached hydrogen (secondary N) is 2. The Hall–Kier alpha value is -1.97. The molecule has 0 saturated carbocycles. The molecule has 0 fully saturated rings. The highest BCUT2D eigenvalue weighted by atomic mass is 127. The average Bonchev–Trinajstić information content (AvgIpc) is 3.07. The summed E-state index contributed by atoms with van der Waals surface area (Å²) in [7, 11) is 1.78. The molecule has 0 aliphatic heterocycles. The SMILES string of the molecule is CN=C(NCc1nc(C)c(C)s1)NCc1ccccc1COCc1ccccc1.I. The molecule has 30 heavy (non-hydrogen) atoms. The summed E-state index contributed by atoms with van der Waals surface area (Å²) in [5.41, 5.74) is 4.65. The molecule has 2 N–H and O–H groups in total. The number of hydrogen-bond donors (Lipinski definition) is 2. The van der Waals surface area contributed by atoms with Gasteiger partial charge >= 0.3 is 0 Å². The first-order valence-electron chi connectivity index (χ1n) is 9.71. The van der Waals surface area contributed by atoms with Crippen molar-refractivity contribution in [3.63, 3.8) is 0 Å². The first kappa shape index (κ1) is 24.3. The van der Waals surface area contributed by atoms with Crippen LogP contribution in [0, 0.1) is 13.8 Å². The fraction of sp³-hybridized carbons (Fsp3) is 0.304. The molecule has 160 valence electrons. The van der Waals surface area contributed by atoms with E-state index >= 15 is 0 Å². The normalized spacial score (nSPS) is 11.1. The lowest BCUT2D eigenvalue weighted by molar-refractivity contribution is 0.106. The Bertz CT molecular complexity index is 924. The topological polar surface area (TPSA) is 58.5 Å². The molecule has 0 spiro atoms. The van der Waals surface area contributed by atoms with Crippen molar-refractivity contribution >= 4 is 41.3 Å². The van der Waals surface area contributed by atoms with Gasteiger partial charge in [-0.1, -0.05) is 54.6 Å². The molecule has 5 nitrogen and oxygen atoms in total. The predicted molar refractivity (Wildman–Crippen MR) is 135 cm³/mol. The van der Waals surface area contributed by atoms with Gasteiger partial charge in [-0.25, -0.2) is 4.98 Å². The molecule has 0 aliphatic rings. The van der Waals surface area contributed by atoms with Crippen molar-refractivity contribution in [2.45, 2.75) is 40.2 Å². The van der Waals surface area contributed by atoms with Gasteiger partial charge in [-0.05, 0) is 30.5 Å². The maximum atomic E-state index is 5.92. The second-order valence-corrected chi connectivity index (χ2v) is 8.06. The summed E-state index contributed by atoms with van der Waals surface area (Å²) in [6.07, 6.45) is 0. The van der Waals surface area contributed by atoms with E-state index in [4.69, 9.17) is 4.74 Å². The van der Waals surface area contributed by atoms with Gasteiger partial charge in [-0.3, -0.25) is 4.99 Å². The zero-order valence-corrected chi connectivity index (χ0v) is 20.8. The monoisotopic (exact) mass is 536 g/mol. The Kier molecular flexibility index (Phi) is 10.3. The van der Waals surface area contributed by atoms with E-state index in [0.717, 1.165) is 16.7 Å². The van der Waals surface area contributed by atoms with Crippen LogP contribution in [-0.4, -0.2) is 18.0 Å². The predicted octanol–water partition coefficient (Wildman–Crippen LogP) is 4.96. The van der Waals surface area contributed by atoms with Crippen molar-refractivity contribution in [1.29, 1.82) is 0 Å². The molecule has 0 amide bonds. The van der Waals surface area contributed by atoms with Crippen LogP contribution in [0.4, 0.5) is 0 Å². The van der Waals surface area contributed by atoms with Crippen molar-refractivity contribution in [3.8, 4) is 0 Å².